The van der Waals surface area contributed by atoms with Crippen LogP contribution in [0.2, 0.25) is 0 Å². The van der Waals surface area contributed by atoms with Crippen LogP contribution in [0.1, 0.15) is 29.8 Å². The van der Waals surface area contributed by atoms with Crippen molar-refractivity contribution in [3.8, 4) is 5.75 Å². The number of para-hydroxylation sites is 1. The van der Waals surface area contributed by atoms with Gasteiger partial charge in [-0.2, -0.15) is 0 Å². The molecule has 0 aliphatic carbocycles. The van der Waals surface area contributed by atoms with E-state index in [-0.39, 0.29) is 18.4 Å². The molecule has 3 amide bonds. The number of nitrogens with one attached hydrogen (secondary N) is 3. The van der Waals surface area contributed by atoms with E-state index in [0.29, 0.717) is 17.0 Å². The highest BCUT2D eigenvalue weighted by Crippen LogP contribution is 2.15. The summed E-state index contributed by atoms with van der Waals surface area (Å²) in [5.74, 6) is -0.579. The Balaban J connectivity index is 1.80. The Morgan fingerprint density at radius 2 is 1.63 bits per heavy atom. The fraction of sp³-hybridized carbons (Fsp3) is 0.250. The lowest BCUT2D eigenvalue weighted by Gasteiger charge is -2.11. The third-order valence-corrected chi connectivity index (χ3v) is 3.71. The van der Waals surface area contributed by atoms with Gasteiger partial charge in [-0.15, -0.1) is 0 Å². The number of amides is 3. The maximum Gasteiger partial charge on any atom is 0.276 e. The van der Waals surface area contributed by atoms with Gasteiger partial charge in [-0.05, 0) is 42.8 Å². The fourth-order valence-corrected chi connectivity index (χ4v) is 2.09. The van der Waals surface area contributed by atoms with Crippen molar-refractivity contribution in [3.05, 3.63) is 59.7 Å². The van der Waals surface area contributed by atoms with Crippen molar-refractivity contribution in [2.75, 3.05) is 11.9 Å². The van der Waals surface area contributed by atoms with Crippen molar-refractivity contribution in [2.45, 2.75) is 20.8 Å². The number of carbonyl (C=O) groups is 3. The summed E-state index contributed by atoms with van der Waals surface area (Å²) in [7, 11) is 0. The molecule has 7 nitrogen and oxygen atoms in total. The SMILES string of the molecule is Cc1ccccc1OCC(=O)NNC(=O)c1ccc(NC(=O)C(C)C)cc1. The smallest absolute Gasteiger partial charge is 0.276 e. The molecule has 0 aromatic heterocycles. The molecular formula is C20H23N3O4. The Morgan fingerprint density at radius 1 is 0.963 bits per heavy atom. The Labute approximate surface area is 158 Å². The molecule has 0 atom stereocenters. The monoisotopic (exact) mass is 369 g/mol. The van der Waals surface area contributed by atoms with Gasteiger partial charge >= 0.3 is 0 Å². The minimum atomic E-state index is -0.479. The predicted octanol–water partition coefficient (Wildman–Crippen LogP) is 2.43. The second kappa shape index (κ2) is 9.38. The van der Waals surface area contributed by atoms with Crippen LogP contribution in [0.15, 0.2) is 48.5 Å². The maximum absolute atomic E-state index is 12.1. The normalized spacial score (nSPS) is 10.2. The first-order valence-corrected chi connectivity index (χ1v) is 8.55. The van der Waals surface area contributed by atoms with Gasteiger partial charge in [0.2, 0.25) is 5.91 Å². The largest absolute Gasteiger partial charge is 0.483 e. The van der Waals surface area contributed by atoms with Gasteiger partial charge < -0.3 is 10.1 Å². The van der Waals surface area contributed by atoms with Crippen LogP contribution in [0, 0.1) is 12.8 Å². The Kier molecular flexibility index (Phi) is 6.93. The lowest BCUT2D eigenvalue weighted by atomic mass is 10.1. The summed E-state index contributed by atoms with van der Waals surface area (Å²) in [6.45, 7) is 5.25. The fourth-order valence-electron chi connectivity index (χ4n) is 2.09. The van der Waals surface area contributed by atoms with E-state index < -0.39 is 11.8 Å². The second-order valence-corrected chi connectivity index (χ2v) is 6.28. The van der Waals surface area contributed by atoms with E-state index in [0.717, 1.165) is 5.56 Å². The number of hydrogen-bond acceptors (Lipinski definition) is 4. The molecular weight excluding hydrogens is 346 g/mol. The Bertz CT molecular complexity index is 816. The number of anilines is 1. The van der Waals surface area contributed by atoms with Crippen molar-refractivity contribution < 1.29 is 19.1 Å². The van der Waals surface area contributed by atoms with Gasteiger partial charge in [-0.3, -0.25) is 25.2 Å². The average molecular weight is 369 g/mol. The summed E-state index contributed by atoms with van der Waals surface area (Å²) >= 11 is 0. The van der Waals surface area contributed by atoms with Gasteiger partial charge in [0.1, 0.15) is 5.75 Å². The maximum atomic E-state index is 12.1. The third-order valence-electron chi connectivity index (χ3n) is 3.71. The molecule has 0 heterocycles. The molecule has 0 saturated heterocycles. The van der Waals surface area contributed by atoms with Crippen LogP contribution in [0.4, 0.5) is 5.69 Å². The van der Waals surface area contributed by atoms with Crippen molar-refractivity contribution in [3.63, 3.8) is 0 Å². The van der Waals surface area contributed by atoms with Crippen LogP contribution in [0.25, 0.3) is 0 Å². The number of carbonyl (C=O) groups excluding carboxylic acids is 3. The van der Waals surface area contributed by atoms with Gasteiger partial charge in [0.05, 0.1) is 0 Å². The number of aryl methyl sites for hydroxylation is 1. The minimum absolute atomic E-state index is 0.104. The molecule has 0 aliphatic rings. The number of benzene rings is 2. The molecule has 0 spiro atoms. The summed E-state index contributed by atoms with van der Waals surface area (Å²) in [4.78, 5) is 35.5. The third kappa shape index (κ3) is 6.14. The van der Waals surface area contributed by atoms with Crippen LogP contribution < -0.4 is 20.9 Å². The first-order valence-electron chi connectivity index (χ1n) is 8.55. The highest BCUT2D eigenvalue weighted by atomic mass is 16.5. The standard InChI is InChI=1S/C20H23N3O4/c1-13(2)19(25)21-16-10-8-15(9-11-16)20(26)23-22-18(24)12-27-17-7-5-4-6-14(17)3/h4-11,13H,12H2,1-3H3,(H,21,25)(H,22,24)(H,23,26). The van der Waals surface area contributed by atoms with Crippen molar-refractivity contribution in [1.29, 1.82) is 0 Å². The first kappa shape index (κ1) is 20.0. The summed E-state index contributed by atoms with van der Waals surface area (Å²) < 4.78 is 5.40. The molecule has 3 N–H and O–H groups in total. The molecule has 7 heteroatoms. The average Bonchev–Trinajstić information content (AvgIpc) is 2.66. The van der Waals surface area contributed by atoms with Gasteiger partial charge in [0, 0.05) is 17.2 Å². The van der Waals surface area contributed by atoms with Crippen molar-refractivity contribution in [2.24, 2.45) is 5.92 Å². The molecule has 0 radical (unpaired) electrons. The Morgan fingerprint density at radius 3 is 2.26 bits per heavy atom. The van der Waals surface area contributed by atoms with Crippen LogP contribution in [0.3, 0.4) is 0 Å². The first-order chi connectivity index (χ1) is 12.9. The van der Waals surface area contributed by atoms with Crippen LogP contribution >= 0.6 is 0 Å². The van der Waals surface area contributed by atoms with E-state index in [1.54, 1.807) is 44.2 Å². The van der Waals surface area contributed by atoms with Crippen molar-refractivity contribution >= 4 is 23.4 Å². The molecule has 27 heavy (non-hydrogen) atoms. The molecule has 0 aliphatic heterocycles. The quantitative estimate of drug-likeness (QED) is 0.682. The van der Waals surface area contributed by atoms with E-state index in [1.807, 2.05) is 25.1 Å². The highest BCUT2D eigenvalue weighted by molar-refractivity contribution is 5.97. The molecule has 2 aromatic carbocycles. The lowest BCUT2D eigenvalue weighted by Crippen LogP contribution is -2.43. The van der Waals surface area contributed by atoms with Gasteiger partial charge in [0.15, 0.2) is 6.61 Å². The molecule has 0 saturated carbocycles. The van der Waals surface area contributed by atoms with E-state index in [2.05, 4.69) is 16.2 Å². The van der Waals surface area contributed by atoms with Gasteiger partial charge in [-0.1, -0.05) is 32.0 Å². The van der Waals surface area contributed by atoms with Crippen LogP contribution in [-0.4, -0.2) is 24.3 Å². The van der Waals surface area contributed by atoms with Gasteiger partial charge in [-0.25, -0.2) is 0 Å². The Hall–Kier alpha value is -3.35. The van der Waals surface area contributed by atoms with Gasteiger partial charge in [0.25, 0.3) is 11.8 Å². The topological polar surface area (TPSA) is 96.5 Å². The predicted molar refractivity (Wildman–Crippen MR) is 102 cm³/mol. The second-order valence-electron chi connectivity index (χ2n) is 6.28. The minimum Gasteiger partial charge on any atom is -0.483 e. The van der Waals surface area contributed by atoms with E-state index in [9.17, 15) is 14.4 Å². The zero-order valence-corrected chi connectivity index (χ0v) is 15.5. The van der Waals surface area contributed by atoms with E-state index in [1.165, 1.54) is 0 Å². The van der Waals surface area contributed by atoms with Crippen LogP contribution in [0.5, 0.6) is 5.75 Å². The summed E-state index contributed by atoms with van der Waals surface area (Å²) in [5, 5.41) is 2.74. The molecule has 0 fully saturated rings. The molecule has 2 rings (SSSR count). The number of hydrogen-bond donors (Lipinski definition) is 3. The van der Waals surface area contributed by atoms with Crippen LogP contribution in [-0.2, 0) is 9.59 Å². The summed E-state index contributed by atoms with van der Waals surface area (Å²) in [6, 6.07) is 13.7. The summed E-state index contributed by atoms with van der Waals surface area (Å²) in [5.41, 5.74) is 6.48. The van der Waals surface area contributed by atoms with E-state index in [4.69, 9.17) is 4.74 Å². The molecule has 2 aromatic rings. The number of rotatable bonds is 6. The summed E-state index contributed by atoms with van der Waals surface area (Å²) in [6.07, 6.45) is 0. The number of ether oxygens (including phenoxy) is 1. The van der Waals surface area contributed by atoms with Crippen molar-refractivity contribution in [1.82, 2.24) is 10.9 Å². The molecule has 0 unspecified atom stereocenters. The molecule has 0 bridgehead atoms. The molecule has 142 valence electrons. The van der Waals surface area contributed by atoms with E-state index >= 15 is 0 Å². The zero-order valence-electron chi connectivity index (χ0n) is 15.5. The number of hydrazine groups is 1. The zero-order chi connectivity index (χ0) is 19.8. The highest BCUT2D eigenvalue weighted by Gasteiger charge is 2.10. The lowest BCUT2D eigenvalue weighted by molar-refractivity contribution is -0.124.